The van der Waals surface area contributed by atoms with Gasteiger partial charge in [0, 0.05) is 40.5 Å². The lowest BCUT2D eigenvalue weighted by molar-refractivity contribution is -0.140. The Morgan fingerprint density at radius 3 is 2.67 bits per heavy atom. The third kappa shape index (κ3) is 3.73. The second-order valence-electron chi connectivity index (χ2n) is 13.2. The van der Waals surface area contributed by atoms with Crippen molar-refractivity contribution in [3.05, 3.63) is 61.7 Å². The Bertz CT molecular complexity index is 1760. The van der Waals surface area contributed by atoms with Gasteiger partial charge in [-0.05, 0) is 80.0 Å². The fourth-order valence-electron chi connectivity index (χ4n) is 8.47. The number of aryl methyl sites for hydroxylation is 1. The van der Waals surface area contributed by atoms with Gasteiger partial charge < -0.3 is 15.0 Å². The maximum atomic E-state index is 15.2. The maximum Gasteiger partial charge on any atom is 0.254 e. The Labute approximate surface area is 244 Å². The topological polar surface area (TPSA) is 101 Å². The van der Waals surface area contributed by atoms with Crippen molar-refractivity contribution in [1.29, 1.82) is 0 Å². The molecule has 2 aromatic heterocycles. The molecule has 8 heteroatoms. The fourth-order valence-corrected chi connectivity index (χ4v) is 8.47. The van der Waals surface area contributed by atoms with Crippen LogP contribution < -0.4 is 10.9 Å². The van der Waals surface area contributed by atoms with Gasteiger partial charge in [0.2, 0.25) is 5.91 Å². The van der Waals surface area contributed by atoms with E-state index in [1.54, 1.807) is 24.5 Å². The minimum Gasteiger partial charge on any atom is -0.377 e. The van der Waals surface area contributed by atoms with E-state index in [-0.39, 0.29) is 54.4 Å². The van der Waals surface area contributed by atoms with E-state index in [9.17, 15) is 19.5 Å². The van der Waals surface area contributed by atoms with Crippen LogP contribution in [-0.2, 0) is 34.6 Å². The molecule has 3 aliphatic carbocycles. The molecule has 2 N–H and O–H groups in total. The predicted octanol–water partition coefficient (Wildman–Crippen LogP) is 5.16. The average molecular weight is 572 g/mol. The Morgan fingerprint density at radius 2 is 1.93 bits per heavy atom. The van der Waals surface area contributed by atoms with Gasteiger partial charge in [-0.1, -0.05) is 27.2 Å². The highest BCUT2D eigenvalue weighted by Gasteiger charge is 2.44. The summed E-state index contributed by atoms with van der Waals surface area (Å²) >= 11 is 0. The predicted molar refractivity (Wildman–Crippen MR) is 158 cm³/mol. The van der Waals surface area contributed by atoms with Crippen LogP contribution in [0.2, 0.25) is 0 Å². The van der Waals surface area contributed by atoms with E-state index >= 15 is 4.39 Å². The van der Waals surface area contributed by atoms with Crippen molar-refractivity contribution in [3.8, 4) is 11.4 Å². The van der Waals surface area contributed by atoms with Crippen LogP contribution in [0.1, 0.15) is 98.7 Å². The molecule has 0 bridgehead atoms. The van der Waals surface area contributed by atoms with Gasteiger partial charge in [0.1, 0.15) is 11.4 Å². The number of hydrogen-bond acceptors (Lipinski definition) is 5. The van der Waals surface area contributed by atoms with Crippen molar-refractivity contribution in [2.75, 3.05) is 0 Å². The summed E-state index contributed by atoms with van der Waals surface area (Å²) in [5.74, 6) is 0.233. The second-order valence-corrected chi connectivity index (χ2v) is 13.2. The minimum absolute atomic E-state index is 0.0254. The molecule has 42 heavy (non-hydrogen) atoms. The van der Waals surface area contributed by atoms with Crippen molar-refractivity contribution in [2.45, 2.75) is 97.2 Å². The van der Waals surface area contributed by atoms with Gasteiger partial charge >= 0.3 is 0 Å². The highest BCUT2D eigenvalue weighted by molar-refractivity contribution is 5.94. The number of aromatic nitrogens is 2. The summed E-state index contributed by atoms with van der Waals surface area (Å²) in [5.41, 5.74) is 3.79. The van der Waals surface area contributed by atoms with E-state index in [1.807, 2.05) is 0 Å². The van der Waals surface area contributed by atoms with E-state index in [0.717, 1.165) is 41.3 Å². The molecule has 1 unspecified atom stereocenters. The highest BCUT2D eigenvalue weighted by Crippen LogP contribution is 2.46. The number of nitrogens with one attached hydrogen (secondary N) is 1. The lowest BCUT2D eigenvalue weighted by atomic mass is 9.77. The number of rotatable bonds is 4. The van der Waals surface area contributed by atoms with Crippen molar-refractivity contribution in [1.82, 2.24) is 14.9 Å². The molecule has 1 fully saturated rings. The second kappa shape index (κ2) is 9.56. The number of ketones is 1. The molecule has 4 atom stereocenters. The Balaban J connectivity index is 1.42. The van der Waals surface area contributed by atoms with E-state index in [4.69, 9.17) is 4.98 Å². The third-order valence-electron chi connectivity index (χ3n) is 10.8. The number of hydrogen-bond donors (Lipinski definition) is 2. The largest absolute Gasteiger partial charge is 0.377 e. The molecule has 3 heterocycles. The number of halogens is 1. The number of aliphatic hydroxyl groups is 1. The summed E-state index contributed by atoms with van der Waals surface area (Å²) in [6.07, 6.45) is 4.86. The average Bonchev–Trinajstić information content (AvgIpc) is 3.60. The zero-order valence-corrected chi connectivity index (χ0v) is 24.8. The summed E-state index contributed by atoms with van der Waals surface area (Å²) in [6, 6.07) is 2.93. The number of benzene rings is 1. The smallest absolute Gasteiger partial charge is 0.254 e. The maximum absolute atomic E-state index is 15.2. The third-order valence-corrected chi connectivity index (χ3v) is 10.8. The Hall–Kier alpha value is -3.39. The van der Waals surface area contributed by atoms with Crippen molar-refractivity contribution < 1.29 is 19.1 Å². The van der Waals surface area contributed by atoms with Crippen LogP contribution in [0, 0.1) is 30.5 Å². The SMILES string of the molecule is CC[C@@]1(O)C(=O)CCc2c1cc1n(c2=O)Cc2c-1nc1cc(F)c(C)c3c1c2[C@@H](NC(=O)[C@@H]1CCCC1C(C)C)CC3. The molecule has 1 saturated carbocycles. The van der Waals surface area contributed by atoms with Gasteiger partial charge in [0.05, 0.1) is 29.5 Å². The zero-order chi connectivity index (χ0) is 29.7. The van der Waals surface area contributed by atoms with Gasteiger partial charge in [-0.3, -0.25) is 14.4 Å². The number of nitrogens with zero attached hydrogens (tertiary/aromatic N) is 2. The van der Waals surface area contributed by atoms with Crippen LogP contribution in [0.15, 0.2) is 16.9 Å². The number of Topliss-reactive ketones (excluding diaryl/α,β-unsaturated/α-hetero) is 1. The van der Waals surface area contributed by atoms with Gasteiger partial charge in [-0.2, -0.15) is 0 Å². The molecule has 0 radical (unpaired) electrons. The van der Waals surface area contributed by atoms with Gasteiger partial charge in [0.15, 0.2) is 5.78 Å². The summed E-state index contributed by atoms with van der Waals surface area (Å²) in [6.45, 7) is 8.20. The zero-order valence-electron chi connectivity index (χ0n) is 24.8. The lowest BCUT2D eigenvalue weighted by Crippen LogP contribution is -2.43. The molecule has 1 aromatic carbocycles. The molecule has 1 aliphatic heterocycles. The van der Waals surface area contributed by atoms with E-state index < -0.39 is 5.60 Å². The molecule has 220 valence electrons. The molecule has 4 aliphatic rings. The van der Waals surface area contributed by atoms with Crippen molar-refractivity contribution >= 4 is 22.6 Å². The normalized spacial score (nSPS) is 26.0. The van der Waals surface area contributed by atoms with Gasteiger partial charge in [0.25, 0.3) is 5.56 Å². The first-order valence-electron chi connectivity index (χ1n) is 15.5. The first kappa shape index (κ1) is 27.4. The standard InChI is InChI=1S/C34H38FN3O4/c1-5-34(42)23-13-27-31-22(15-38(27)33(41)21(23)10-12-28(34)39)30-25(37-32(40)20-8-6-7-18(20)16(2)3)11-9-19-17(4)24(35)14-26(36-31)29(19)30/h13-14,16,18,20,25,42H,5-12,15H2,1-4H3,(H,37,40)/t18?,20-,25+,34+/m1/s1. The monoisotopic (exact) mass is 571 g/mol. The van der Waals surface area contributed by atoms with Crippen LogP contribution >= 0.6 is 0 Å². The van der Waals surface area contributed by atoms with Crippen molar-refractivity contribution in [2.24, 2.45) is 17.8 Å². The summed E-state index contributed by atoms with van der Waals surface area (Å²) < 4.78 is 16.9. The van der Waals surface area contributed by atoms with Crippen molar-refractivity contribution in [3.63, 3.8) is 0 Å². The number of carbonyl (C=O) groups is 2. The van der Waals surface area contributed by atoms with E-state index in [0.29, 0.717) is 64.7 Å². The quantitative estimate of drug-likeness (QED) is 0.352. The van der Waals surface area contributed by atoms with Crippen LogP contribution in [0.4, 0.5) is 4.39 Å². The van der Waals surface area contributed by atoms with Crippen LogP contribution in [0.5, 0.6) is 0 Å². The van der Waals surface area contributed by atoms with Gasteiger partial charge in [-0.15, -0.1) is 0 Å². The number of pyridine rings is 2. The van der Waals surface area contributed by atoms with Crippen LogP contribution in [0.25, 0.3) is 22.3 Å². The molecule has 7 nitrogen and oxygen atoms in total. The fraction of sp³-hybridized carbons (Fsp3) is 0.529. The first-order valence-corrected chi connectivity index (χ1v) is 15.5. The number of fused-ring (bicyclic) bond motifs is 5. The molecule has 3 aromatic rings. The summed E-state index contributed by atoms with van der Waals surface area (Å²) in [5, 5.41) is 15.7. The molecular formula is C34H38FN3O4. The minimum atomic E-state index is -1.71. The molecule has 0 spiro atoms. The van der Waals surface area contributed by atoms with Crippen LogP contribution in [-0.4, -0.2) is 26.3 Å². The Kier molecular flexibility index (Phi) is 6.25. The first-order chi connectivity index (χ1) is 20.0. The molecular weight excluding hydrogens is 533 g/mol. The molecule has 7 rings (SSSR count). The van der Waals surface area contributed by atoms with Crippen LogP contribution in [0.3, 0.4) is 0 Å². The summed E-state index contributed by atoms with van der Waals surface area (Å²) in [7, 11) is 0. The van der Waals surface area contributed by atoms with E-state index in [1.165, 1.54) is 6.07 Å². The molecule has 0 saturated heterocycles. The highest BCUT2D eigenvalue weighted by atomic mass is 19.1. The summed E-state index contributed by atoms with van der Waals surface area (Å²) in [4.78, 5) is 45.4. The Morgan fingerprint density at radius 1 is 1.14 bits per heavy atom. The number of carbonyl (C=O) groups excluding carboxylic acids is 2. The van der Waals surface area contributed by atoms with E-state index in [2.05, 4.69) is 19.2 Å². The number of amides is 1. The lowest BCUT2D eigenvalue weighted by Gasteiger charge is -2.32. The van der Waals surface area contributed by atoms with Gasteiger partial charge in [-0.25, -0.2) is 9.37 Å². The molecule has 1 amide bonds.